The number of hydrogen-bond donors (Lipinski definition) is 1. The van der Waals surface area contributed by atoms with Crippen molar-refractivity contribution in [1.82, 2.24) is 14.7 Å². The van der Waals surface area contributed by atoms with Gasteiger partial charge in [-0.25, -0.2) is 0 Å². The Morgan fingerprint density at radius 1 is 0.951 bits per heavy atom. The zero-order valence-corrected chi connectivity index (χ0v) is 25.1. The summed E-state index contributed by atoms with van der Waals surface area (Å²) in [6, 6.07) is 8.68. The van der Waals surface area contributed by atoms with Gasteiger partial charge in [-0.15, -0.1) is 11.8 Å². The second-order valence-electron chi connectivity index (χ2n) is 12.6. The van der Waals surface area contributed by atoms with Crippen LogP contribution in [0.5, 0.6) is 0 Å². The largest absolute Gasteiger partial charge is 0.394 e. The SMILES string of the molecule is CCCN1CC=C[C@@]2(C)S[C@]34C=CCN(C5CCCCC5)C(=O)C3N([C@@H](CO)Cc3ccccc3)C(=O)[C@@H]4[C@H]2C1=O. The molecule has 3 fully saturated rings. The lowest BCUT2D eigenvalue weighted by atomic mass is 9.74. The molecule has 8 heteroatoms. The van der Waals surface area contributed by atoms with Crippen molar-refractivity contribution in [3.05, 3.63) is 60.2 Å². The van der Waals surface area contributed by atoms with Crippen LogP contribution >= 0.6 is 11.8 Å². The van der Waals surface area contributed by atoms with E-state index in [9.17, 15) is 19.5 Å². The van der Waals surface area contributed by atoms with Crippen LogP contribution in [0.4, 0.5) is 0 Å². The van der Waals surface area contributed by atoms with E-state index in [0.29, 0.717) is 26.1 Å². The summed E-state index contributed by atoms with van der Waals surface area (Å²) < 4.78 is -1.49. The van der Waals surface area contributed by atoms with E-state index in [4.69, 9.17) is 0 Å². The number of hydrogen-bond acceptors (Lipinski definition) is 5. The smallest absolute Gasteiger partial charge is 0.247 e. The van der Waals surface area contributed by atoms with Gasteiger partial charge in [0.15, 0.2) is 0 Å². The minimum atomic E-state index is -0.879. The van der Waals surface area contributed by atoms with Crippen molar-refractivity contribution in [2.75, 3.05) is 26.2 Å². The van der Waals surface area contributed by atoms with Gasteiger partial charge < -0.3 is 19.8 Å². The molecule has 41 heavy (non-hydrogen) atoms. The predicted octanol–water partition coefficient (Wildman–Crippen LogP) is 3.82. The molecule has 5 aliphatic rings. The van der Waals surface area contributed by atoms with Gasteiger partial charge in [0.2, 0.25) is 17.7 Å². The molecule has 1 spiro atoms. The lowest BCUT2D eigenvalue weighted by Crippen LogP contribution is -2.58. The Morgan fingerprint density at radius 2 is 1.68 bits per heavy atom. The number of amides is 3. The first kappa shape index (κ1) is 28.5. The molecule has 2 saturated heterocycles. The first-order chi connectivity index (χ1) is 19.8. The number of rotatable bonds is 7. The van der Waals surface area contributed by atoms with Gasteiger partial charge in [0.1, 0.15) is 6.04 Å². The molecule has 7 nitrogen and oxygen atoms in total. The quantitative estimate of drug-likeness (QED) is 0.499. The van der Waals surface area contributed by atoms with Crippen molar-refractivity contribution >= 4 is 29.5 Å². The van der Waals surface area contributed by atoms with Gasteiger partial charge in [-0.3, -0.25) is 14.4 Å². The first-order valence-corrected chi connectivity index (χ1v) is 16.3. The van der Waals surface area contributed by atoms with E-state index in [2.05, 4.69) is 38.2 Å². The maximum absolute atomic E-state index is 14.8. The van der Waals surface area contributed by atoms with Crippen LogP contribution in [0.1, 0.15) is 57.9 Å². The molecule has 3 amide bonds. The van der Waals surface area contributed by atoms with Gasteiger partial charge >= 0.3 is 0 Å². The number of likely N-dealkylation sites (tertiary alicyclic amines) is 1. The van der Waals surface area contributed by atoms with E-state index in [1.165, 1.54) is 6.42 Å². The second kappa shape index (κ2) is 11.3. The van der Waals surface area contributed by atoms with Crippen molar-refractivity contribution in [1.29, 1.82) is 0 Å². The van der Waals surface area contributed by atoms with Gasteiger partial charge in [0.05, 0.1) is 29.2 Å². The Labute approximate surface area is 248 Å². The zero-order chi connectivity index (χ0) is 28.8. The highest BCUT2D eigenvalue weighted by Crippen LogP contribution is 2.66. The fraction of sp³-hybridized carbons (Fsp3) is 0.606. The molecule has 1 N–H and O–H groups in total. The number of carbonyl (C=O) groups excluding carboxylic acids is 3. The normalized spacial score (nSPS) is 34.4. The van der Waals surface area contributed by atoms with Gasteiger partial charge in [-0.2, -0.15) is 0 Å². The van der Waals surface area contributed by atoms with E-state index in [1.54, 1.807) is 16.7 Å². The van der Waals surface area contributed by atoms with Crippen LogP contribution in [0.3, 0.4) is 0 Å². The van der Waals surface area contributed by atoms with Crippen molar-refractivity contribution in [3.8, 4) is 0 Å². The van der Waals surface area contributed by atoms with E-state index in [1.807, 2.05) is 40.1 Å². The molecule has 6 atom stereocenters. The third-order valence-corrected chi connectivity index (χ3v) is 11.8. The van der Waals surface area contributed by atoms with Gasteiger partial charge in [-0.05, 0) is 38.2 Å². The van der Waals surface area contributed by atoms with Crippen LogP contribution in [0.2, 0.25) is 0 Å². The molecule has 1 saturated carbocycles. The van der Waals surface area contributed by atoms with Gasteiger partial charge in [0.25, 0.3) is 0 Å². The number of carbonyl (C=O) groups is 3. The number of fused-ring (bicyclic) bond motifs is 2. The number of benzene rings is 1. The van der Waals surface area contributed by atoms with Crippen LogP contribution in [-0.2, 0) is 20.8 Å². The minimum absolute atomic E-state index is 0.000477. The molecule has 0 bridgehead atoms. The Kier molecular flexibility index (Phi) is 7.83. The summed E-state index contributed by atoms with van der Waals surface area (Å²) in [5.74, 6) is -1.45. The van der Waals surface area contributed by atoms with Crippen LogP contribution in [0.15, 0.2) is 54.6 Å². The summed E-state index contributed by atoms with van der Waals surface area (Å²) in [4.78, 5) is 49.4. The van der Waals surface area contributed by atoms with Crippen LogP contribution in [0, 0.1) is 11.8 Å². The van der Waals surface area contributed by atoms with Crippen LogP contribution in [0.25, 0.3) is 0 Å². The Balaban J connectivity index is 1.46. The lowest BCUT2D eigenvalue weighted by molar-refractivity contribution is -0.148. The summed E-state index contributed by atoms with van der Waals surface area (Å²) in [6.07, 6.45) is 15.0. The second-order valence-corrected chi connectivity index (χ2v) is 14.4. The summed E-state index contributed by atoms with van der Waals surface area (Å²) >= 11 is 1.63. The standard InChI is InChI=1S/C33H43N3O4S/c1-3-18-34-19-10-16-32(2)26(29(34)38)27-30(39)36(25(22-37)21-23-12-6-4-7-13-23)28-31(40)35(24-14-8-5-9-15-24)20-11-17-33(27,28)41-32/h4,6-7,10-13,16-17,24-28,37H,3,5,8-9,14-15,18-22H2,1-2H3/t25-,26+,27+,28?,32-,33+/m1/s1. The third-order valence-electron chi connectivity index (χ3n) is 10.0. The van der Waals surface area contributed by atoms with Crippen LogP contribution < -0.4 is 0 Å². The van der Waals surface area contributed by atoms with E-state index in [0.717, 1.165) is 37.7 Å². The fourth-order valence-electron chi connectivity index (χ4n) is 8.25. The molecule has 6 rings (SSSR count). The number of aliphatic hydroxyl groups is 1. The average Bonchev–Trinajstić information content (AvgIpc) is 3.26. The molecule has 0 aromatic heterocycles. The number of nitrogens with zero attached hydrogens (tertiary/aromatic N) is 3. The Bertz CT molecular complexity index is 1230. The number of aliphatic hydroxyl groups excluding tert-OH is 1. The summed E-state index contributed by atoms with van der Waals surface area (Å²) in [7, 11) is 0. The first-order valence-electron chi connectivity index (χ1n) is 15.5. The van der Waals surface area contributed by atoms with Crippen molar-refractivity contribution in [3.63, 3.8) is 0 Å². The maximum Gasteiger partial charge on any atom is 0.247 e. The zero-order valence-electron chi connectivity index (χ0n) is 24.3. The van der Waals surface area contributed by atoms with E-state index >= 15 is 0 Å². The highest BCUT2D eigenvalue weighted by atomic mass is 32.2. The molecule has 4 aliphatic heterocycles. The van der Waals surface area contributed by atoms with E-state index < -0.39 is 33.4 Å². The third kappa shape index (κ3) is 4.66. The molecule has 1 unspecified atom stereocenters. The highest BCUT2D eigenvalue weighted by molar-refractivity contribution is 8.02. The molecule has 4 heterocycles. The van der Waals surface area contributed by atoms with Crippen LogP contribution in [-0.4, -0.2) is 91.4 Å². The topological polar surface area (TPSA) is 81.2 Å². The Morgan fingerprint density at radius 3 is 2.39 bits per heavy atom. The minimum Gasteiger partial charge on any atom is -0.394 e. The lowest BCUT2D eigenvalue weighted by Gasteiger charge is -2.42. The van der Waals surface area contributed by atoms with Crippen molar-refractivity contribution < 1.29 is 19.5 Å². The summed E-state index contributed by atoms with van der Waals surface area (Å²) in [5.41, 5.74) is 1.01. The highest BCUT2D eigenvalue weighted by Gasteiger charge is 2.74. The summed E-state index contributed by atoms with van der Waals surface area (Å²) in [6.45, 7) is 5.59. The Hall–Kier alpha value is -2.58. The summed E-state index contributed by atoms with van der Waals surface area (Å²) in [5, 5.41) is 10.8. The molecule has 1 aliphatic carbocycles. The van der Waals surface area contributed by atoms with Crippen molar-refractivity contribution in [2.45, 2.75) is 86.4 Å². The maximum atomic E-state index is 14.8. The molecular formula is C33H43N3O4S. The molecule has 220 valence electrons. The monoisotopic (exact) mass is 577 g/mol. The van der Waals surface area contributed by atoms with E-state index in [-0.39, 0.29) is 30.4 Å². The van der Waals surface area contributed by atoms with Gasteiger partial charge in [-0.1, -0.05) is 80.8 Å². The van der Waals surface area contributed by atoms with Crippen molar-refractivity contribution in [2.24, 2.45) is 11.8 Å². The molecule has 0 radical (unpaired) electrons. The van der Waals surface area contributed by atoms with Gasteiger partial charge in [0, 0.05) is 30.4 Å². The number of thioether (sulfide) groups is 1. The molecular weight excluding hydrogens is 534 g/mol. The fourth-order valence-corrected chi connectivity index (χ4v) is 10.4. The average molecular weight is 578 g/mol. The molecule has 1 aromatic rings. The predicted molar refractivity (Wildman–Crippen MR) is 161 cm³/mol. The molecule has 1 aromatic carbocycles.